The molecule has 10 heavy (non-hydrogen) atoms. The minimum Gasteiger partial charge on any atom is -0.410 e. The van der Waals surface area contributed by atoms with Crippen LogP contribution in [0.4, 0.5) is 11.5 Å². The third-order valence-electron chi connectivity index (χ3n) is 1.35. The maximum atomic E-state index is 8.85. The van der Waals surface area contributed by atoms with Gasteiger partial charge in [-0.25, -0.2) is 0 Å². The lowest BCUT2D eigenvalue weighted by atomic mass is 10.3. The Kier molecular flexibility index (Phi) is 1.41. The first-order valence-corrected chi connectivity index (χ1v) is 2.99. The average Bonchev–Trinajstić information content (AvgIpc) is 2.17. The van der Waals surface area contributed by atoms with E-state index in [1.807, 2.05) is 6.92 Å². The summed E-state index contributed by atoms with van der Waals surface area (Å²) in [6, 6.07) is 0. The van der Waals surface area contributed by atoms with Gasteiger partial charge >= 0.3 is 0 Å². The first-order chi connectivity index (χ1) is 4.66. The van der Waals surface area contributed by atoms with Crippen LogP contribution in [0.3, 0.4) is 0 Å². The molecule has 0 unspecified atom stereocenters. The third-order valence-corrected chi connectivity index (χ3v) is 1.35. The summed E-state index contributed by atoms with van der Waals surface area (Å²) in [4.78, 5) is 0.591. The van der Waals surface area contributed by atoms with Crippen molar-refractivity contribution in [1.29, 1.82) is 0 Å². The second-order valence-corrected chi connectivity index (χ2v) is 1.99. The fraction of sp³-hybridized carbons (Fsp3) is 0.400. The molecular weight excluding hydrogens is 132 g/mol. The van der Waals surface area contributed by atoms with Crippen LogP contribution in [0.2, 0.25) is 0 Å². The average molecular weight is 142 g/mol. The van der Waals surface area contributed by atoms with Crippen LogP contribution in [0.1, 0.15) is 12.6 Å². The van der Waals surface area contributed by atoms with E-state index in [9.17, 15) is 0 Å². The molecule has 0 aliphatic carbocycles. The molecule has 5 nitrogen and oxygen atoms in total. The summed E-state index contributed by atoms with van der Waals surface area (Å²) in [5.74, 6) is 0.108. The SMILES string of the molecule is CCc1nn(O)c(N)c1N. The van der Waals surface area contributed by atoms with Crippen LogP contribution in [0, 0.1) is 0 Å². The molecule has 1 heterocycles. The van der Waals surface area contributed by atoms with Gasteiger partial charge in [0.1, 0.15) is 5.69 Å². The van der Waals surface area contributed by atoms with Crippen molar-refractivity contribution < 1.29 is 5.21 Å². The van der Waals surface area contributed by atoms with Crippen molar-refractivity contribution in [1.82, 2.24) is 9.94 Å². The van der Waals surface area contributed by atoms with E-state index in [-0.39, 0.29) is 5.82 Å². The van der Waals surface area contributed by atoms with Crippen molar-refractivity contribution in [3.63, 3.8) is 0 Å². The largest absolute Gasteiger partial charge is 0.410 e. The van der Waals surface area contributed by atoms with Crippen molar-refractivity contribution in [2.75, 3.05) is 11.5 Å². The van der Waals surface area contributed by atoms with Gasteiger partial charge in [0, 0.05) is 0 Å². The lowest BCUT2D eigenvalue weighted by Crippen LogP contribution is -2.00. The van der Waals surface area contributed by atoms with E-state index >= 15 is 0 Å². The van der Waals surface area contributed by atoms with E-state index < -0.39 is 0 Å². The number of aromatic nitrogens is 2. The molecule has 0 atom stereocenters. The Balaban J connectivity index is 3.17. The van der Waals surface area contributed by atoms with E-state index in [0.29, 0.717) is 22.6 Å². The van der Waals surface area contributed by atoms with Crippen molar-refractivity contribution in [3.05, 3.63) is 5.69 Å². The number of nitrogens with zero attached hydrogens (tertiary/aromatic N) is 2. The maximum Gasteiger partial charge on any atom is 0.186 e. The summed E-state index contributed by atoms with van der Waals surface area (Å²) in [6.07, 6.45) is 0.670. The number of nitrogens with two attached hydrogens (primary N) is 2. The number of aryl methyl sites for hydroxylation is 1. The number of hydrogen-bond donors (Lipinski definition) is 3. The Labute approximate surface area is 58.2 Å². The second kappa shape index (κ2) is 2.09. The van der Waals surface area contributed by atoms with Crippen LogP contribution in [0.15, 0.2) is 0 Å². The van der Waals surface area contributed by atoms with Crippen molar-refractivity contribution in [2.45, 2.75) is 13.3 Å². The molecule has 0 bridgehead atoms. The topological polar surface area (TPSA) is 90.1 Å². The van der Waals surface area contributed by atoms with E-state index in [1.54, 1.807) is 0 Å². The fourth-order valence-electron chi connectivity index (χ4n) is 0.739. The Morgan fingerprint density at radius 3 is 2.40 bits per heavy atom. The highest BCUT2D eigenvalue weighted by Gasteiger charge is 2.08. The van der Waals surface area contributed by atoms with Gasteiger partial charge in [0.05, 0.1) is 5.69 Å². The standard InChI is InChI=1S/C5H10N4O/c1-2-3-4(6)5(7)9(10)8-3/h10H,2,6-7H2,1H3. The Hall–Kier alpha value is -1.39. The second-order valence-electron chi connectivity index (χ2n) is 1.99. The molecule has 0 fully saturated rings. The van der Waals surface area contributed by atoms with Crippen molar-refractivity contribution >= 4 is 11.5 Å². The summed E-state index contributed by atoms with van der Waals surface area (Å²) in [5.41, 5.74) is 11.7. The van der Waals surface area contributed by atoms with Crippen LogP contribution in [-0.4, -0.2) is 15.2 Å². The predicted octanol–water partition coefficient (Wildman–Crippen LogP) is -0.153. The number of rotatable bonds is 1. The van der Waals surface area contributed by atoms with Gasteiger partial charge in [0.15, 0.2) is 5.82 Å². The number of anilines is 2. The van der Waals surface area contributed by atoms with E-state index in [1.165, 1.54) is 0 Å². The van der Waals surface area contributed by atoms with Crippen molar-refractivity contribution in [2.24, 2.45) is 0 Å². The van der Waals surface area contributed by atoms with Crippen molar-refractivity contribution in [3.8, 4) is 0 Å². The molecule has 1 rings (SSSR count). The Morgan fingerprint density at radius 2 is 2.20 bits per heavy atom. The van der Waals surface area contributed by atoms with E-state index in [0.717, 1.165) is 0 Å². The highest BCUT2D eigenvalue weighted by molar-refractivity contribution is 5.61. The summed E-state index contributed by atoms with van der Waals surface area (Å²) < 4.78 is 0. The normalized spacial score (nSPS) is 10.1. The zero-order chi connectivity index (χ0) is 7.72. The van der Waals surface area contributed by atoms with Crippen LogP contribution >= 0.6 is 0 Å². The molecule has 0 spiro atoms. The Morgan fingerprint density at radius 1 is 1.60 bits per heavy atom. The van der Waals surface area contributed by atoms with Gasteiger partial charge in [-0.3, -0.25) is 0 Å². The molecule has 0 saturated heterocycles. The fourth-order valence-corrected chi connectivity index (χ4v) is 0.739. The molecule has 0 aliphatic rings. The van der Waals surface area contributed by atoms with Gasteiger partial charge in [-0.1, -0.05) is 11.8 Å². The van der Waals surface area contributed by atoms with Crippen LogP contribution in [0.25, 0.3) is 0 Å². The summed E-state index contributed by atoms with van der Waals surface area (Å²) in [6.45, 7) is 1.89. The molecule has 56 valence electrons. The van der Waals surface area contributed by atoms with Gasteiger partial charge < -0.3 is 16.7 Å². The molecule has 0 aromatic carbocycles. The molecule has 0 amide bonds. The quantitative estimate of drug-likeness (QED) is 0.475. The molecule has 1 aromatic heterocycles. The molecule has 5 N–H and O–H groups in total. The van der Waals surface area contributed by atoms with Crippen LogP contribution < -0.4 is 11.5 Å². The first-order valence-electron chi connectivity index (χ1n) is 2.99. The Bertz CT molecular complexity index is 242. The predicted molar refractivity (Wildman–Crippen MR) is 37.6 cm³/mol. The smallest absolute Gasteiger partial charge is 0.186 e. The van der Waals surface area contributed by atoms with Gasteiger partial charge in [-0.15, -0.1) is 5.10 Å². The molecule has 0 saturated carbocycles. The third kappa shape index (κ3) is 0.754. The van der Waals surface area contributed by atoms with Gasteiger partial charge in [0.25, 0.3) is 0 Å². The summed E-state index contributed by atoms with van der Waals surface area (Å²) >= 11 is 0. The summed E-state index contributed by atoms with van der Waals surface area (Å²) in [5, 5.41) is 12.5. The lowest BCUT2D eigenvalue weighted by Gasteiger charge is -1.90. The summed E-state index contributed by atoms with van der Waals surface area (Å²) in [7, 11) is 0. The van der Waals surface area contributed by atoms with E-state index in [4.69, 9.17) is 16.7 Å². The van der Waals surface area contributed by atoms with Gasteiger partial charge in [-0.2, -0.15) is 0 Å². The highest BCUT2D eigenvalue weighted by Crippen LogP contribution is 2.17. The first kappa shape index (κ1) is 6.73. The molecule has 0 radical (unpaired) electrons. The zero-order valence-electron chi connectivity index (χ0n) is 5.70. The van der Waals surface area contributed by atoms with Gasteiger partial charge in [0.2, 0.25) is 0 Å². The number of hydrogen-bond acceptors (Lipinski definition) is 4. The number of nitrogen functional groups attached to an aromatic ring is 2. The minimum atomic E-state index is 0.108. The highest BCUT2D eigenvalue weighted by atomic mass is 16.5. The zero-order valence-corrected chi connectivity index (χ0v) is 5.70. The van der Waals surface area contributed by atoms with Crippen LogP contribution in [0.5, 0.6) is 0 Å². The molecule has 5 heteroatoms. The maximum absolute atomic E-state index is 8.85. The van der Waals surface area contributed by atoms with Crippen LogP contribution in [-0.2, 0) is 6.42 Å². The minimum absolute atomic E-state index is 0.108. The molecule has 0 aliphatic heterocycles. The molecular formula is C5H10N4O. The monoisotopic (exact) mass is 142 g/mol. The molecule has 1 aromatic rings. The lowest BCUT2D eigenvalue weighted by molar-refractivity contribution is 0.154. The van der Waals surface area contributed by atoms with E-state index in [2.05, 4.69) is 5.10 Å². The van der Waals surface area contributed by atoms with Gasteiger partial charge in [-0.05, 0) is 6.42 Å².